The van der Waals surface area contributed by atoms with Crippen LogP contribution >= 0.6 is 0 Å². The highest BCUT2D eigenvalue weighted by Gasteiger charge is 2.49. The highest BCUT2D eigenvalue weighted by Crippen LogP contribution is 2.34. The lowest BCUT2D eigenvalue weighted by Gasteiger charge is -2.29. The van der Waals surface area contributed by atoms with E-state index in [9.17, 15) is 0 Å². The molecule has 318 valence electrons. The van der Waals surface area contributed by atoms with E-state index in [1.54, 1.807) is 14.2 Å². The molecule has 0 unspecified atom stereocenters. The Morgan fingerprint density at radius 3 is 0.830 bits per heavy atom. The van der Waals surface area contributed by atoms with Crippen LogP contribution in [0.25, 0.3) is 0 Å². The van der Waals surface area contributed by atoms with E-state index in [-0.39, 0.29) is 24.4 Å². The molecule has 1 saturated heterocycles. The Balaban J connectivity index is 2.09. The molecule has 6 heteroatoms. The Labute approximate surface area is 331 Å². The van der Waals surface area contributed by atoms with Gasteiger partial charge in [0.25, 0.3) is 0 Å². The number of hydrogen-bond acceptors (Lipinski definition) is 6. The second-order valence-electron chi connectivity index (χ2n) is 16.9. The molecule has 0 bridgehead atoms. The number of ether oxygens (including phenoxy) is 6. The molecule has 6 nitrogen and oxygen atoms in total. The molecule has 0 saturated carbocycles. The van der Waals surface area contributed by atoms with Crippen LogP contribution < -0.4 is 0 Å². The second kappa shape index (κ2) is 37.3. The van der Waals surface area contributed by atoms with E-state index in [2.05, 4.69) is 13.8 Å². The maximum atomic E-state index is 6.36. The van der Waals surface area contributed by atoms with Crippen molar-refractivity contribution in [3.63, 3.8) is 0 Å². The van der Waals surface area contributed by atoms with Crippen LogP contribution in [0, 0.1) is 0 Å². The Morgan fingerprint density at radius 2 is 0.604 bits per heavy atom. The minimum atomic E-state index is -0.704. The lowest BCUT2D eigenvalue weighted by Crippen LogP contribution is -2.47. The molecule has 1 aliphatic heterocycles. The molecule has 0 radical (unpaired) electrons. The average molecular weight is 755 g/mol. The zero-order valence-corrected chi connectivity index (χ0v) is 36.7. The maximum Gasteiger partial charge on any atom is 0.164 e. The van der Waals surface area contributed by atoms with Crippen LogP contribution in [0.2, 0.25) is 0 Å². The van der Waals surface area contributed by atoms with Crippen LogP contribution in [0.3, 0.4) is 0 Å². The summed E-state index contributed by atoms with van der Waals surface area (Å²) in [6, 6.07) is 0. The Hall–Kier alpha value is -0.240. The van der Waals surface area contributed by atoms with Crippen molar-refractivity contribution in [2.45, 2.75) is 263 Å². The number of unbranched alkanes of at least 4 members (excludes halogenated alkanes) is 30. The molecule has 1 heterocycles. The van der Waals surface area contributed by atoms with Gasteiger partial charge in [-0.2, -0.15) is 0 Å². The van der Waals surface area contributed by atoms with E-state index in [0.29, 0.717) is 13.2 Å². The quantitative estimate of drug-likeness (QED) is 0.0579. The van der Waals surface area contributed by atoms with Crippen molar-refractivity contribution in [2.75, 3.05) is 40.6 Å². The molecule has 4 atom stereocenters. The number of hydrogen-bond donors (Lipinski definition) is 0. The van der Waals surface area contributed by atoms with E-state index in [4.69, 9.17) is 28.4 Å². The van der Waals surface area contributed by atoms with Crippen molar-refractivity contribution in [3.8, 4) is 0 Å². The van der Waals surface area contributed by atoms with Gasteiger partial charge < -0.3 is 28.4 Å². The molecule has 1 aliphatic rings. The molecule has 53 heavy (non-hydrogen) atoms. The van der Waals surface area contributed by atoms with Gasteiger partial charge in [0.15, 0.2) is 5.79 Å². The lowest BCUT2D eigenvalue weighted by atomic mass is 10.0. The fourth-order valence-electron chi connectivity index (χ4n) is 7.89. The second-order valence-corrected chi connectivity index (χ2v) is 16.9. The van der Waals surface area contributed by atoms with Crippen LogP contribution in [0.4, 0.5) is 0 Å². The topological polar surface area (TPSA) is 55.4 Å². The average Bonchev–Trinajstić information content (AvgIpc) is 3.48. The van der Waals surface area contributed by atoms with E-state index in [1.165, 1.54) is 193 Å². The van der Waals surface area contributed by atoms with Gasteiger partial charge >= 0.3 is 0 Å². The zero-order chi connectivity index (χ0) is 38.5. The van der Waals surface area contributed by atoms with Gasteiger partial charge in [0.05, 0.1) is 13.2 Å². The van der Waals surface area contributed by atoms with E-state index in [1.807, 2.05) is 13.8 Å². The summed E-state index contributed by atoms with van der Waals surface area (Å²) in [5, 5.41) is 0. The molecule has 0 spiro atoms. The highest BCUT2D eigenvalue weighted by molar-refractivity contribution is 4.92. The molecular weight excluding hydrogens is 661 g/mol. The first-order valence-corrected chi connectivity index (χ1v) is 23.6. The van der Waals surface area contributed by atoms with Gasteiger partial charge in [-0.25, -0.2) is 0 Å². The van der Waals surface area contributed by atoms with Gasteiger partial charge in [0.2, 0.25) is 0 Å². The third-order valence-electron chi connectivity index (χ3n) is 11.4. The smallest absolute Gasteiger partial charge is 0.164 e. The summed E-state index contributed by atoms with van der Waals surface area (Å²) in [6.07, 6.45) is 43.0. The SMILES string of the molecule is CCCCCCCCCCCCCCCCCCOC[C@@H](OC)[C@H]1OC(C)(C)O[C@@H]1[C@@H](COCCCCCCCCCCCCCCCCCC)OC. The maximum absolute atomic E-state index is 6.36. The first-order valence-electron chi connectivity index (χ1n) is 23.6. The van der Waals surface area contributed by atoms with Crippen molar-refractivity contribution in [1.82, 2.24) is 0 Å². The predicted molar refractivity (Wildman–Crippen MR) is 226 cm³/mol. The van der Waals surface area contributed by atoms with Gasteiger partial charge in [-0.05, 0) is 26.7 Å². The van der Waals surface area contributed by atoms with Crippen LogP contribution in [-0.2, 0) is 28.4 Å². The fourth-order valence-corrected chi connectivity index (χ4v) is 7.89. The van der Waals surface area contributed by atoms with Gasteiger partial charge in [-0.15, -0.1) is 0 Å². The van der Waals surface area contributed by atoms with Crippen molar-refractivity contribution in [1.29, 1.82) is 0 Å². The Bertz CT molecular complexity index is 674. The van der Waals surface area contributed by atoms with Crippen molar-refractivity contribution in [2.24, 2.45) is 0 Å². The summed E-state index contributed by atoms with van der Waals surface area (Å²) in [5.74, 6) is -0.704. The van der Waals surface area contributed by atoms with Gasteiger partial charge in [-0.1, -0.05) is 206 Å². The van der Waals surface area contributed by atoms with Gasteiger partial charge in [0.1, 0.15) is 24.4 Å². The Morgan fingerprint density at radius 1 is 0.377 bits per heavy atom. The van der Waals surface area contributed by atoms with E-state index in [0.717, 1.165) is 26.1 Å². The fraction of sp³-hybridized carbons (Fsp3) is 1.00. The normalized spacial score (nSPS) is 18.2. The Kier molecular flexibility index (Phi) is 35.8. The van der Waals surface area contributed by atoms with Crippen LogP contribution in [0.5, 0.6) is 0 Å². The molecule has 0 amide bonds. The molecule has 0 aromatic carbocycles. The standard InChI is InChI=1S/C47H94O6/c1-7-9-11-13-15-17-19-21-23-25-27-29-31-33-35-37-39-50-41-43(48-5)45-46(53-47(3,4)52-45)44(49-6)42-51-40-38-36-34-32-30-28-26-24-22-20-18-16-14-12-10-8-2/h43-46H,7-42H2,1-6H3/t43-,44-,45-,46-/m1/s1. The molecular formula is C47H94O6. The van der Waals surface area contributed by atoms with Crippen LogP contribution in [-0.4, -0.2) is 70.9 Å². The van der Waals surface area contributed by atoms with Crippen LogP contribution in [0.1, 0.15) is 233 Å². The molecule has 1 rings (SSSR count). The van der Waals surface area contributed by atoms with Crippen molar-refractivity contribution >= 4 is 0 Å². The summed E-state index contributed by atoms with van der Waals surface area (Å²) in [7, 11) is 3.48. The minimum absolute atomic E-state index is 0.221. The predicted octanol–water partition coefficient (Wildman–Crippen LogP) is 14.1. The summed E-state index contributed by atoms with van der Waals surface area (Å²) in [6.45, 7) is 11.0. The van der Waals surface area contributed by atoms with Crippen molar-refractivity contribution < 1.29 is 28.4 Å². The summed E-state index contributed by atoms with van der Waals surface area (Å²) >= 11 is 0. The van der Waals surface area contributed by atoms with Gasteiger partial charge in [-0.3, -0.25) is 0 Å². The zero-order valence-electron chi connectivity index (χ0n) is 36.7. The first-order chi connectivity index (χ1) is 26.0. The minimum Gasteiger partial charge on any atom is -0.379 e. The molecule has 0 N–H and O–H groups in total. The lowest BCUT2D eigenvalue weighted by molar-refractivity contribution is -0.167. The van der Waals surface area contributed by atoms with Gasteiger partial charge in [0, 0.05) is 27.4 Å². The number of methoxy groups -OCH3 is 2. The molecule has 0 aromatic heterocycles. The first kappa shape index (κ1) is 50.8. The summed E-state index contributed by atoms with van der Waals surface area (Å²) in [4.78, 5) is 0. The highest BCUT2D eigenvalue weighted by atomic mass is 16.8. The third kappa shape index (κ3) is 29.6. The third-order valence-corrected chi connectivity index (χ3v) is 11.4. The molecule has 0 aliphatic carbocycles. The van der Waals surface area contributed by atoms with E-state index >= 15 is 0 Å². The largest absolute Gasteiger partial charge is 0.379 e. The molecule has 1 fully saturated rings. The number of rotatable bonds is 42. The summed E-state index contributed by atoms with van der Waals surface area (Å²) in [5.41, 5.74) is 0. The van der Waals surface area contributed by atoms with Crippen LogP contribution in [0.15, 0.2) is 0 Å². The van der Waals surface area contributed by atoms with E-state index < -0.39 is 5.79 Å². The molecule has 0 aromatic rings. The van der Waals surface area contributed by atoms with Crippen molar-refractivity contribution in [3.05, 3.63) is 0 Å². The summed E-state index contributed by atoms with van der Waals surface area (Å²) < 4.78 is 36.8. The monoisotopic (exact) mass is 755 g/mol.